The zero-order chi connectivity index (χ0) is 29.6. The summed E-state index contributed by atoms with van der Waals surface area (Å²) in [5.74, 6) is -1.55. The Balaban J connectivity index is 0.000000579. The molecule has 0 bridgehead atoms. The second kappa shape index (κ2) is 21.8. The van der Waals surface area contributed by atoms with E-state index in [9.17, 15) is 19.2 Å². The molecule has 0 amide bonds. The van der Waals surface area contributed by atoms with Gasteiger partial charge in [-0.25, -0.2) is 0 Å². The first kappa shape index (κ1) is 37.1. The van der Waals surface area contributed by atoms with E-state index >= 15 is 0 Å². The van der Waals surface area contributed by atoms with Crippen molar-refractivity contribution in [1.82, 2.24) is 0 Å². The van der Waals surface area contributed by atoms with Crippen LogP contribution in [0.25, 0.3) is 0 Å². The predicted molar refractivity (Wildman–Crippen MR) is 143 cm³/mol. The molecule has 0 aliphatic carbocycles. The average Bonchev–Trinajstić information content (AvgIpc) is 3.49. The van der Waals surface area contributed by atoms with Gasteiger partial charge in [-0.05, 0) is 60.3 Å². The Hall–Kier alpha value is -1.92. The summed E-state index contributed by atoms with van der Waals surface area (Å²) >= 11 is 0. The molecule has 11 heteroatoms. The lowest BCUT2D eigenvalue weighted by Gasteiger charge is -2.21. The smallest absolute Gasteiger partial charge is 0.313 e. The molecule has 11 nitrogen and oxygen atoms in total. The van der Waals surface area contributed by atoms with Gasteiger partial charge >= 0.3 is 11.9 Å². The molecule has 1 N–H and O–H groups in total. The average molecular weight is 563 g/mol. The van der Waals surface area contributed by atoms with Crippen LogP contribution >= 0.6 is 0 Å². The second-order valence-electron chi connectivity index (χ2n) is 9.58. The molecule has 0 spiro atoms. The highest BCUT2D eigenvalue weighted by Crippen LogP contribution is 2.25. The Labute approximate surface area is 233 Å². The summed E-state index contributed by atoms with van der Waals surface area (Å²) in [6.45, 7) is 12.4. The van der Waals surface area contributed by atoms with E-state index in [1.807, 2.05) is 13.8 Å². The van der Waals surface area contributed by atoms with E-state index in [4.69, 9.17) is 28.8 Å². The number of rotatable bonds is 16. The van der Waals surface area contributed by atoms with Gasteiger partial charge in [0.2, 0.25) is 0 Å². The van der Waals surface area contributed by atoms with Crippen molar-refractivity contribution in [3.63, 3.8) is 0 Å². The Kier molecular flexibility index (Phi) is 20.8. The van der Waals surface area contributed by atoms with Crippen LogP contribution in [0.15, 0.2) is 0 Å². The van der Waals surface area contributed by atoms with E-state index in [1.165, 1.54) is 6.92 Å². The van der Waals surface area contributed by atoms with Gasteiger partial charge in [0.25, 0.3) is 0 Å². The molecule has 0 aromatic heterocycles. The van der Waals surface area contributed by atoms with Crippen molar-refractivity contribution in [2.24, 2.45) is 0 Å². The number of hydrogen-bond acceptors (Lipinski definition) is 11. The largest absolute Gasteiger partial charge is 0.466 e. The van der Waals surface area contributed by atoms with Gasteiger partial charge in [0.1, 0.15) is 18.0 Å². The van der Waals surface area contributed by atoms with Gasteiger partial charge in [0.15, 0.2) is 11.6 Å². The van der Waals surface area contributed by atoms with Gasteiger partial charge in [-0.3, -0.25) is 14.4 Å². The number of carbonyl (C=O) groups excluding carboxylic acids is 4. The Morgan fingerprint density at radius 2 is 1.18 bits per heavy atom. The summed E-state index contributed by atoms with van der Waals surface area (Å²) in [6, 6.07) is 0. The Morgan fingerprint density at radius 1 is 0.692 bits per heavy atom. The van der Waals surface area contributed by atoms with Crippen molar-refractivity contribution < 1.29 is 52.7 Å². The minimum atomic E-state index is -0.551. The topological polar surface area (TPSA) is 144 Å². The normalized spacial score (nSPS) is 16.8. The molecule has 0 atom stereocenters. The summed E-state index contributed by atoms with van der Waals surface area (Å²) in [6.07, 6.45) is 5.67. The third-order valence-electron chi connectivity index (χ3n) is 5.78. The molecule has 2 fully saturated rings. The number of aliphatic hydroxyl groups excluding tert-OH is 1. The fourth-order valence-electron chi connectivity index (χ4n) is 3.74. The Bertz CT molecular complexity index is 696. The quantitative estimate of drug-likeness (QED) is 0.167. The molecule has 0 radical (unpaired) electrons. The number of carbonyl (C=O) groups is 4. The predicted octanol–water partition coefficient (Wildman–Crippen LogP) is 3.66. The van der Waals surface area contributed by atoms with Crippen molar-refractivity contribution in [2.45, 2.75) is 110 Å². The molecular formula is C28H50O11. The number of Topliss-reactive ketones (excluding diaryl/α,β-unsaturated/α-hetero) is 2. The van der Waals surface area contributed by atoms with Gasteiger partial charge in [-0.15, -0.1) is 0 Å². The molecule has 2 aliphatic rings. The van der Waals surface area contributed by atoms with Crippen LogP contribution in [0, 0.1) is 0 Å². The van der Waals surface area contributed by atoms with Gasteiger partial charge in [0, 0.05) is 38.7 Å². The van der Waals surface area contributed by atoms with E-state index in [-0.39, 0.29) is 36.4 Å². The maximum atomic E-state index is 11.4. The third-order valence-corrected chi connectivity index (χ3v) is 5.78. The molecule has 0 aromatic carbocycles. The van der Waals surface area contributed by atoms with Crippen LogP contribution in [0.3, 0.4) is 0 Å². The SMILES string of the molecule is CC1(CCCCO)OCCO1.CCOC(=O)CC(=O)CCCC1(C)OCCO1.CCOC(=O)CCCC(C)=O. The Morgan fingerprint density at radius 3 is 1.64 bits per heavy atom. The summed E-state index contributed by atoms with van der Waals surface area (Å²) < 4.78 is 31.0. The lowest BCUT2D eigenvalue weighted by molar-refractivity contribution is -0.149. The highest BCUT2D eigenvalue weighted by Gasteiger charge is 2.31. The lowest BCUT2D eigenvalue weighted by Crippen LogP contribution is -2.25. The highest BCUT2D eigenvalue weighted by atomic mass is 16.7. The maximum absolute atomic E-state index is 11.4. The standard InChI is InChI=1S/C12H20O5.C8H16O3.C8H14O3/c1-3-15-11(14)9-10(13)5-4-6-12(2)16-7-8-17-12;1-8(4-2-3-5-9)10-6-7-11-8;1-3-11-8(10)6-4-5-7(2)9/h3-9H2,1-2H3;9H,2-7H2,1H3;3-6H2,1-2H3. The fraction of sp³-hybridized carbons (Fsp3) is 0.857. The molecule has 0 saturated carbocycles. The summed E-state index contributed by atoms with van der Waals surface area (Å²) in [5.41, 5.74) is 0. The maximum Gasteiger partial charge on any atom is 0.313 e. The number of unbranched alkanes of at least 4 members (excludes halogenated alkanes) is 1. The molecule has 2 rings (SSSR count). The highest BCUT2D eigenvalue weighted by molar-refractivity contribution is 5.95. The molecular weight excluding hydrogens is 512 g/mol. The van der Waals surface area contributed by atoms with E-state index < -0.39 is 11.8 Å². The van der Waals surface area contributed by atoms with Crippen LogP contribution in [-0.2, 0) is 47.6 Å². The van der Waals surface area contributed by atoms with Crippen molar-refractivity contribution in [2.75, 3.05) is 46.2 Å². The minimum absolute atomic E-state index is 0.0925. The van der Waals surface area contributed by atoms with Crippen molar-refractivity contribution in [3.05, 3.63) is 0 Å². The first-order valence-electron chi connectivity index (χ1n) is 14.0. The zero-order valence-electron chi connectivity index (χ0n) is 24.6. The van der Waals surface area contributed by atoms with Crippen molar-refractivity contribution >= 4 is 23.5 Å². The second-order valence-corrected chi connectivity index (χ2v) is 9.58. The van der Waals surface area contributed by atoms with Crippen LogP contribution in [0.5, 0.6) is 0 Å². The molecule has 0 aromatic rings. The summed E-state index contributed by atoms with van der Waals surface area (Å²) in [7, 11) is 0. The van der Waals surface area contributed by atoms with Crippen LogP contribution in [0.2, 0.25) is 0 Å². The van der Waals surface area contributed by atoms with Crippen molar-refractivity contribution in [3.8, 4) is 0 Å². The van der Waals surface area contributed by atoms with Gasteiger partial charge in [0.05, 0.1) is 39.6 Å². The first-order valence-corrected chi connectivity index (χ1v) is 14.0. The molecule has 2 heterocycles. The third kappa shape index (κ3) is 20.6. The lowest BCUT2D eigenvalue weighted by atomic mass is 10.1. The molecule has 0 unspecified atom stereocenters. The van der Waals surface area contributed by atoms with Gasteiger partial charge in [-0.2, -0.15) is 0 Å². The molecule has 228 valence electrons. The number of ketones is 2. The molecule has 39 heavy (non-hydrogen) atoms. The number of esters is 2. The van der Waals surface area contributed by atoms with Crippen molar-refractivity contribution in [1.29, 1.82) is 0 Å². The number of aliphatic hydroxyl groups is 1. The minimum Gasteiger partial charge on any atom is -0.466 e. The van der Waals surface area contributed by atoms with E-state index in [2.05, 4.69) is 4.74 Å². The summed E-state index contributed by atoms with van der Waals surface area (Å²) in [5, 5.41) is 8.54. The van der Waals surface area contributed by atoms with Crippen LogP contribution in [0.4, 0.5) is 0 Å². The first-order chi connectivity index (χ1) is 18.5. The van der Waals surface area contributed by atoms with E-state index in [0.29, 0.717) is 78.2 Å². The van der Waals surface area contributed by atoms with Gasteiger partial charge in [-0.1, -0.05) is 0 Å². The zero-order valence-corrected chi connectivity index (χ0v) is 24.6. The molecule has 2 saturated heterocycles. The van der Waals surface area contributed by atoms with Crippen LogP contribution < -0.4 is 0 Å². The van der Waals surface area contributed by atoms with Gasteiger partial charge < -0.3 is 38.3 Å². The number of hydrogen-bond donors (Lipinski definition) is 1. The van der Waals surface area contributed by atoms with E-state index in [1.54, 1.807) is 13.8 Å². The van der Waals surface area contributed by atoms with E-state index in [0.717, 1.165) is 19.3 Å². The monoisotopic (exact) mass is 562 g/mol. The van der Waals surface area contributed by atoms with Crippen LogP contribution in [-0.4, -0.2) is 86.4 Å². The summed E-state index contributed by atoms with van der Waals surface area (Å²) in [4.78, 5) is 43.6. The van der Waals surface area contributed by atoms with Crippen LogP contribution in [0.1, 0.15) is 98.8 Å². The number of ether oxygens (including phenoxy) is 6. The molecule has 2 aliphatic heterocycles. The fourth-order valence-corrected chi connectivity index (χ4v) is 3.74.